The minimum absolute atomic E-state index is 0.668. The van der Waals surface area contributed by atoms with Crippen LogP contribution in [-0.2, 0) is 13.6 Å². The van der Waals surface area contributed by atoms with Crippen LogP contribution in [0.2, 0.25) is 0 Å². The molecular weight excluding hydrogens is 282 g/mol. The zero-order valence-corrected chi connectivity index (χ0v) is 12.3. The molecule has 0 saturated carbocycles. The predicted octanol–water partition coefficient (Wildman–Crippen LogP) is 3.19. The summed E-state index contributed by atoms with van der Waals surface area (Å²) >= 11 is 1.67. The van der Waals surface area contributed by atoms with Crippen LogP contribution in [0.3, 0.4) is 0 Å². The third-order valence-electron chi connectivity index (χ3n) is 3.51. The van der Waals surface area contributed by atoms with E-state index >= 15 is 0 Å². The van der Waals surface area contributed by atoms with E-state index < -0.39 is 0 Å². The van der Waals surface area contributed by atoms with E-state index in [0.29, 0.717) is 6.54 Å². The van der Waals surface area contributed by atoms with Gasteiger partial charge in [0, 0.05) is 12.4 Å². The van der Waals surface area contributed by atoms with Crippen LogP contribution in [0.1, 0.15) is 5.69 Å². The lowest BCUT2D eigenvalue weighted by Crippen LogP contribution is -2.04. The van der Waals surface area contributed by atoms with Crippen molar-refractivity contribution in [2.75, 3.05) is 5.32 Å². The summed E-state index contributed by atoms with van der Waals surface area (Å²) in [5.41, 5.74) is 2.09. The number of nitrogens with zero attached hydrogens (tertiary/aromatic N) is 4. The fourth-order valence-electron chi connectivity index (χ4n) is 2.37. The Bertz CT molecular complexity index is 924. The van der Waals surface area contributed by atoms with E-state index in [0.717, 1.165) is 16.3 Å². The zero-order chi connectivity index (χ0) is 14.2. The van der Waals surface area contributed by atoms with Crippen LogP contribution >= 0.6 is 11.3 Å². The molecule has 4 rings (SSSR count). The highest BCUT2D eigenvalue weighted by atomic mass is 32.1. The molecule has 0 atom stereocenters. The van der Waals surface area contributed by atoms with Gasteiger partial charge in [-0.05, 0) is 11.5 Å². The number of hydrogen-bond acceptors (Lipinski definition) is 5. The minimum Gasteiger partial charge on any atom is -0.356 e. The molecule has 4 aromatic rings. The second-order valence-corrected chi connectivity index (χ2v) is 5.89. The van der Waals surface area contributed by atoms with Gasteiger partial charge in [0.15, 0.2) is 5.13 Å². The molecule has 0 unspecified atom stereocenters. The van der Waals surface area contributed by atoms with Gasteiger partial charge in [-0.15, -0.1) is 5.10 Å². The highest BCUT2D eigenvalue weighted by molar-refractivity contribution is 7.22. The van der Waals surface area contributed by atoms with Crippen molar-refractivity contribution in [1.82, 2.24) is 20.0 Å². The first kappa shape index (κ1) is 12.3. The molecule has 0 aliphatic rings. The Morgan fingerprint density at radius 2 is 2.10 bits per heavy atom. The molecular formula is C15H13N5S. The Kier molecular flexibility index (Phi) is 2.82. The van der Waals surface area contributed by atoms with E-state index in [1.165, 1.54) is 15.5 Å². The predicted molar refractivity (Wildman–Crippen MR) is 85.5 cm³/mol. The Balaban J connectivity index is 1.70. The number of aromatic nitrogens is 4. The normalized spacial score (nSPS) is 11.3. The fraction of sp³-hybridized carbons (Fsp3) is 0.133. The number of fused-ring (bicyclic) bond motifs is 3. The Hall–Kier alpha value is -2.47. The summed E-state index contributed by atoms with van der Waals surface area (Å²) in [4.78, 5) is 4.73. The van der Waals surface area contributed by atoms with Crippen LogP contribution in [0.25, 0.3) is 21.0 Å². The van der Waals surface area contributed by atoms with Gasteiger partial charge in [-0.25, -0.2) is 4.98 Å². The largest absolute Gasteiger partial charge is 0.356 e. The number of nitrogens with one attached hydrogen (secondary N) is 1. The van der Waals surface area contributed by atoms with Crippen molar-refractivity contribution in [2.24, 2.45) is 7.05 Å². The second kappa shape index (κ2) is 4.82. The van der Waals surface area contributed by atoms with Gasteiger partial charge in [-0.2, -0.15) is 0 Å². The molecule has 0 saturated heterocycles. The molecule has 0 aliphatic heterocycles. The van der Waals surface area contributed by atoms with E-state index in [2.05, 4.69) is 52.0 Å². The molecule has 0 amide bonds. The molecule has 0 bridgehead atoms. The highest BCUT2D eigenvalue weighted by Crippen LogP contribution is 2.31. The van der Waals surface area contributed by atoms with Gasteiger partial charge in [-0.1, -0.05) is 46.9 Å². The topological polar surface area (TPSA) is 55.6 Å². The van der Waals surface area contributed by atoms with Crippen molar-refractivity contribution in [3.05, 3.63) is 48.3 Å². The number of thiazole rings is 1. The maximum absolute atomic E-state index is 4.73. The Morgan fingerprint density at radius 3 is 2.95 bits per heavy atom. The molecule has 2 aromatic carbocycles. The number of anilines is 1. The van der Waals surface area contributed by atoms with Gasteiger partial charge < -0.3 is 5.32 Å². The van der Waals surface area contributed by atoms with Gasteiger partial charge in [0.1, 0.15) is 0 Å². The SMILES string of the molecule is Cn1nncc1CNc1nc2c(ccc3ccccc32)s1. The van der Waals surface area contributed by atoms with Gasteiger partial charge >= 0.3 is 0 Å². The lowest BCUT2D eigenvalue weighted by Gasteiger charge is -2.01. The zero-order valence-electron chi connectivity index (χ0n) is 11.4. The van der Waals surface area contributed by atoms with Crippen LogP contribution in [0.5, 0.6) is 0 Å². The first-order chi connectivity index (χ1) is 10.3. The summed E-state index contributed by atoms with van der Waals surface area (Å²) in [6, 6.07) is 12.6. The van der Waals surface area contributed by atoms with Crippen molar-refractivity contribution in [1.29, 1.82) is 0 Å². The first-order valence-electron chi connectivity index (χ1n) is 6.67. The second-order valence-electron chi connectivity index (χ2n) is 4.85. The molecule has 0 radical (unpaired) electrons. The van der Waals surface area contributed by atoms with E-state index in [4.69, 9.17) is 4.98 Å². The number of aryl methyl sites for hydroxylation is 1. The molecule has 0 spiro atoms. The maximum atomic E-state index is 4.73. The van der Waals surface area contributed by atoms with Crippen molar-refractivity contribution in [3.8, 4) is 0 Å². The van der Waals surface area contributed by atoms with Crippen molar-refractivity contribution >= 4 is 37.5 Å². The molecule has 6 heteroatoms. The van der Waals surface area contributed by atoms with E-state index in [1.54, 1.807) is 22.2 Å². The molecule has 1 N–H and O–H groups in total. The lowest BCUT2D eigenvalue weighted by atomic mass is 10.1. The third kappa shape index (κ3) is 2.13. The quantitative estimate of drug-likeness (QED) is 0.630. The molecule has 2 aromatic heterocycles. The Labute approximate surface area is 125 Å². The lowest BCUT2D eigenvalue weighted by molar-refractivity contribution is 0.683. The van der Waals surface area contributed by atoms with Gasteiger partial charge in [0.2, 0.25) is 0 Å². The summed E-state index contributed by atoms with van der Waals surface area (Å²) in [7, 11) is 1.88. The van der Waals surface area contributed by atoms with Crippen molar-refractivity contribution in [3.63, 3.8) is 0 Å². The fourth-order valence-corrected chi connectivity index (χ4v) is 3.25. The van der Waals surface area contributed by atoms with Crippen LogP contribution in [0.15, 0.2) is 42.6 Å². The minimum atomic E-state index is 0.668. The number of benzene rings is 2. The van der Waals surface area contributed by atoms with Crippen molar-refractivity contribution < 1.29 is 0 Å². The number of rotatable bonds is 3. The average molecular weight is 295 g/mol. The van der Waals surface area contributed by atoms with Gasteiger partial charge in [-0.3, -0.25) is 4.68 Å². The van der Waals surface area contributed by atoms with E-state index in [9.17, 15) is 0 Å². The van der Waals surface area contributed by atoms with Crippen LogP contribution in [0.4, 0.5) is 5.13 Å². The molecule has 2 heterocycles. The number of hydrogen-bond donors (Lipinski definition) is 1. The van der Waals surface area contributed by atoms with Crippen LogP contribution < -0.4 is 5.32 Å². The average Bonchev–Trinajstić information content (AvgIpc) is 3.11. The van der Waals surface area contributed by atoms with Gasteiger partial charge in [0.25, 0.3) is 0 Å². The summed E-state index contributed by atoms with van der Waals surface area (Å²) in [6.45, 7) is 0.668. The summed E-state index contributed by atoms with van der Waals surface area (Å²) < 4.78 is 2.95. The monoisotopic (exact) mass is 295 g/mol. The smallest absolute Gasteiger partial charge is 0.184 e. The highest BCUT2D eigenvalue weighted by Gasteiger charge is 2.08. The van der Waals surface area contributed by atoms with Gasteiger partial charge in [0.05, 0.1) is 28.7 Å². The maximum Gasteiger partial charge on any atom is 0.184 e. The molecule has 0 aliphatic carbocycles. The summed E-state index contributed by atoms with van der Waals surface area (Å²) in [5.74, 6) is 0. The molecule has 0 fully saturated rings. The van der Waals surface area contributed by atoms with Crippen LogP contribution in [0, 0.1) is 0 Å². The summed E-state index contributed by atoms with van der Waals surface area (Å²) in [6.07, 6.45) is 1.76. The van der Waals surface area contributed by atoms with E-state index in [-0.39, 0.29) is 0 Å². The van der Waals surface area contributed by atoms with Crippen molar-refractivity contribution in [2.45, 2.75) is 6.54 Å². The molecule has 104 valence electrons. The molecule has 5 nitrogen and oxygen atoms in total. The summed E-state index contributed by atoms with van der Waals surface area (Å²) in [5, 5.41) is 14.5. The standard InChI is InChI=1S/C15H13N5S/c1-20-11(9-17-19-20)8-16-15-18-14-12-5-3-2-4-10(12)6-7-13(14)21-15/h2-7,9H,8H2,1H3,(H,16,18). The van der Waals surface area contributed by atoms with E-state index in [1.807, 2.05) is 7.05 Å². The van der Waals surface area contributed by atoms with Crippen LogP contribution in [-0.4, -0.2) is 20.0 Å². The third-order valence-corrected chi connectivity index (χ3v) is 4.49. The Morgan fingerprint density at radius 1 is 1.19 bits per heavy atom. The molecule has 21 heavy (non-hydrogen) atoms. The first-order valence-corrected chi connectivity index (χ1v) is 7.48.